The van der Waals surface area contributed by atoms with Crippen LogP contribution in [0.2, 0.25) is 0 Å². The number of hydrogen-bond acceptors (Lipinski definition) is 2. The molecule has 0 unspecified atom stereocenters. The van der Waals surface area contributed by atoms with Gasteiger partial charge in [-0.1, -0.05) is 6.92 Å². The first-order chi connectivity index (χ1) is 6.35. The molecule has 0 aliphatic carbocycles. The van der Waals surface area contributed by atoms with Crippen molar-refractivity contribution in [2.24, 2.45) is 0 Å². The van der Waals surface area contributed by atoms with Gasteiger partial charge in [0.15, 0.2) is 0 Å². The monoisotopic (exact) mass is 208 g/mol. The minimum atomic E-state index is 1.14. The van der Waals surface area contributed by atoms with Crippen LogP contribution >= 0.6 is 23.1 Å². The van der Waals surface area contributed by atoms with E-state index in [9.17, 15) is 0 Å². The Balaban J connectivity index is 2.64. The third-order valence-electron chi connectivity index (χ3n) is 2.24. The summed E-state index contributed by atoms with van der Waals surface area (Å²) in [5, 5.41) is 3.72. The molecule has 0 radical (unpaired) electrons. The molecule has 1 aromatic heterocycles. The molecule has 13 heavy (non-hydrogen) atoms. The number of benzene rings is 1. The summed E-state index contributed by atoms with van der Waals surface area (Å²) in [5.74, 6) is 0. The highest BCUT2D eigenvalue weighted by Gasteiger charge is 2.02. The van der Waals surface area contributed by atoms with Crippen molar-refractivity contribution in [1.29, 1.82) is 0 Å². The van der Waals surface area contributed by atoms with Crippen molar-refractivity contribution >= 4 is 33.2 Å². The van der Waals surface area contributed by atoms with Crippen molar-refractivity contribution in [3.63, 3.8) is 0 Å². The molecule has 2 rings (SSSR count). The van der Waals surface area contributed by atoms with Crippen molar-refractivity contribution in [2.45, 2.75) is 18.2 Å². The molecule has 68 valence electrons. The van der Waals surface area contributed by atoms with Gasteiger partial charge in [0, 0.05) is 9.60 Å². The molecule has 2 heteroatoms. The molecule has 0 spiro atoms. The highest BCUT2D eigenvalue weighted by Crippen LogP contribution is 2.29. The predicted octanol–water partition coefficient (Wildman–Crippen LogP) is 4.19. The number of thiophene rings is 1. The Morgan fingerprint density at radius 2 is 2.23 bits per heavy atom. The van der Waals surface area contributed by atoms with Gasteiger partial charge in [-0.05, 0) is 47.2 Å². The fraction of sp³-hybridized carbons (Fsp3) is 0.273. The van der Waals surface area contributed by atoms with E-state index in [4.69, 9.17) is 0 Å². The molecule has 0 amide bonds. The predicted molar refractivity (Wildman–Crippen MR) is 63.0 cm³/mol. The first-order valence-corrected chi connectivity index (χ1v) is 6.49. The van der Waals surface area contributed by atoms with E-state index in [-0.39, 0.29) is 0 Å². The minimum Gasteiger partial charge on any atom is -0.144 e. The Morgan fingerprint density at radius 1 is 1.38 bits per heavy atom. The van der Waals surface area contributed by atoms with E-state index in [0.717, 1.165) is 6.42 Å². The van der Waals surface area contributed by atoms with Gasteiger partial charge in [0.2, 0.25) is 0 Å². The number of hydrogen-bond donors (Lipinski definition) is 0. The molecule has 1 heterocycles. The minimum absolute atomic E-state index is 1.14. The SMILES string of the molecule is CCc1csc2ccc(SC)cc12. The second-order valence-corrected chi connectivity index (χ2v) is 4.77. The highest BCUT2D eigenvalue weighted by molar-refractivity contribution is 7.98. The van der Waals surface area contributed by atoms with Crippen LogP contribution < -0.4 is 0 Å². The van der Waals surface area contributed by atoms with Crippen LogP contribution in [0, 0.1) is 0 Å². The molecule has 0 bridgehead atoms. The van der Waals surface area contributed by atoms with Crippen molar-refractivity contribution in [3.05, 3.63) is 29.1 Å². The summed E-state index contributed by atoms with van der Waals surface area (Å²) in [5.41, 5.74) is 1.48. The maximum atomic E-state index is 2.30. The van der Waals surface area contributed by atoms with Crippen LogP contribution in [0.15, 0.2) is 28.5 Å². The zero-order chi connectivity index (χ0) is 9.26. The Bertz CT molecular complexity index is 415. The van der Waals surface area contributed by atoms with Gasteiger partial charge < -0.3 is 0 Å². The van der Waals surface area contributed by atoms with Crippen molar-refractivity contribution < 1.29 is 0 Å². The Hall–Kier alpha value is -0.470. The number of rotatable bonds is 2. The van der Waals surface area contributed by atoms with E-state index in [2.05, 4.69) is 36.8 Å². The molecule has 1 aromatic carbocycles. The highest BCUT2D eigenvalue weighted by atomic mass is 32.2. The lowest BCUT2D eigenvalue weighted by molar-refractivity contribution is 1.17. The standard InChI is InChI=1S/C11H12S2/c1-3-8-7-13-11-5-4-9(12-2)6-10(8)11/h4-7H,3H2,1-2H3. The lowest BCUT2D eigenvalue weighted by atomic mass is 10.1. The molecule has 0 fully saturated rings. The average Bonchev–Trinajstić information content (AvgIpc) is 2.59. The smallest absolute Gasteiger partial charge is 0.0346 e. The van der Waals surface area contributed by atoms with Crippen molar-refractivity contribution in [2.75, 3.05) is 6.26 Å². The third-order valence-corrected chi connectivity index (χ3v) is 3.98. The van der Waals surface area contributed by atoms with Gasteiger partial charge in [-0.2, -0.15) is 0 Å². The van der Waals surface area contributed by atoms with Crippen LogP contribution in [0.1, 0.15) is 12.5 Å². The van der Waals surface area contributed by atoms with Gasteiger partial charge >= 0.3 is 0 Å². The van der Waals surface area contributed by atoms with Crippen LogP contribution in [0.5, 0.6) is 0 Å². The van der Waals surface area contributed by atoms with E-state index < -0.39 is 0 Å². The second kappa shape index (κ2) is 3.72. The fourth-order valence-corrected chi connectivity index (χ4v) is 2.93. The van der Waals surface area contributed by atoms with Gasteiger partial charge in [0.1, 0.15) is 0 Å². The largest absolute Gasteiger partial charge is 0.144 e. The molecule has 0 aliphatic rings. The normalized spacial score (nSPS) is 10.9. The first kappa shape index (κ1) is 9.10. The van der Waals surface area contributed by atoms with Gasteiger partial charge in [-0.25, -0.2) is 0 Å². The Morgan fingerprint density at radius 3 is 2.92 bits per heavy atom. The second-order valence-electron chi connectivity index (χ2n) is 2.98. The molecule has 0 aliphatic heterocycles. The van der Waals surface area contributed by atoms with Gasteiger partial charge in [0.25, 0.3) is 0 Å². The van der Waals surface area contributed by atoms with E-state index >= 15 is 0 Å². The van der Waals surface area contributed by atoms with Gasteiger partial charge in [-0.3, -0.25) is 0 Å². The molecular weight excluding hydrogens is 196 g/mol. The summed E-state index contributed by atoms with van der Waals surface area (Å²) < 4.78 is 1.41. The van der Waals surface area contributed by atoms with E-state index in [1.807, 2.05) is 23.1 Å². The molecule has 2 aromatic rings. The Kier molecular flexibility index (Phi) is 2.61. The number of fused-ring (bicyclic) bond motifs is 1. The summed E-state index contributed by atoms with van der Waals surface area (Å²) in [6.07, 6.45) is 3.26. The van der Waals surface area contributed by atoms with Crippen molar-refractivity contribution in [1.82, 2.24) is 0 Å². The van der Waals surface area contributed by atoms with Gasteiger partial charge in [-0.15, -0.1) is 23.1 Å². The summed E-state index contributed by atoms with van der Waals surface area (Å²) >= 11 is 3.66. The van der Waals surface area contributed by atoms with Crippen LogP contribution in [-0.2, 0) is 6.42 Å². The topological polar surface area (TPSA) is 0 Å². The molecule has 0 saturated heterocycles. The summed E-state index contributed by atoms with van der Waals surface area (Å²) in [4.78, 5) is 1.36. The van der Waals surface area contributed by atoms with Crippen LogP contribution in [-0.4, -0.2) is 6.26 Å². The van der Waals surface area contributed by atoms with E-state index in [1.54, 1.807) is 0 Å². The van der Waals surface area contributed by atoms with Crippen LogP contribution in [0.25, 0.3) is 10.1 Å². The lowest BCUT2D eigenvalue weighted by Crippen LogP contribution is -1.75. The summed E-state index contributed by atoms with van der Waals surface area (Å²) in [6, 6.07) is 6.73. The molecule has 0 atom stereocenters. The molecular formula is C11H12S2. The quantitative estimate of drug-likeness (QED) is 0.667. The molecule has 0 nitrogen and oxygen atoms in total. The van der Waals surface area contributed by atoms with E-state index in [1.165, 1.54) is 20.5 Å². The molecule has 0 saturated carbocycles. The first-order valence-electron chi connectivity index (χ1n) is 4.39. The fourth-order valence-electron chi connectivity index (χ4n) is 1.46. The van der Waals surface area contributed by atoms with Crippen molar-refractivity contribution in [3.8, 4) is 0 Å². The number of aryl methyl sites for hydroxylation is 1. The van der Waals surface area contributed by atoms with Gasteiger partial charge in [0.05, 0.1) is 0 Å². The summed E-state index contributed by atoms with van der Waals surface area (Å²) in [6.45, 7) is 2.22. The lowest BCUT2D eigenvalue weighted by Gasteiger charge is -1.97. The summed E-state index contributed by atoms with van der Waals surface area (Å²) in [7, 11) is 0. The zero-order valence-corrected chi connectivity index (χ0v) is 9.47. The Labute approximate surface area is 87.0 Å². The average molecular weight is 208 g/mol. The molecule has 0 N–H and O–H groups in total. The third kappa shape index (κ3) is 1.61. The maximum absolute atomic E-state index is 2.30. The van der Waals surface area contributed by atoms with Crippen LogP contribution in [0.4, 0.5) is 0 Å². The van der Waals surface area contributed by atoms with Crippen LogP contribution in [0.3, 0.4) is 0 Å². The number of thioether (sulfide) groups is 1. The zero-order valence-electron chi connectivity index (χ0n) is 7.83. The van der Waals surface area contributed by atoms with E-state index in [0.29, 0.717) is 0 Å². The maximum Gasteiger partial charge on any atom is 0.0346 e.